The molecular weight excluding hydrogens is 322 g/mol. The standard InChI is InChI=1S/C19H24BrN/c1-13-9-10-16(17(20)12-13)19(2,3)15-7-4-8-18-14(15)6-5-11-21-18/h4-8,11,13,16-17H,9-10,12H2,1-3H3. The maximum Gasteiger partial charge on any atom is 0.0704 e. The van der Waals surface area contributed by atoms with Crippen LogP contribution in [0.2, 0.25) is 0 Å². The summed E-state index contributed by atoms with van der Waals surface area (Å²) in [4.78, 5) is 5.13. The van der Waals surface area contributed by atoms with Crippen molar-refractivity contribution >= 4 is 26.8 Å². The molecule has 0 N–H and O–H groups in total. The van der Waals surface area contributed by atoms with Gasteiger partial charge < -0.3 is 0 Å². The smallest absolute Gasteiger partial charge is 0.0704 e. The van der Waals surface area contributed by atoms with E-state index < -0.39 is 0 Å². The second-order valence-electron chi connectivity index (χ2n) is 7.14. The highest BCUT2D eigenvalue weighted by Gasteiger charge is 2.39. The predicted octanol–water partition coefficient (Wildman–Crippen LogP) is 5.71. The van der Waals surface area contributed by atoms with Gasteiger partial charge in [0.15, 0.2) is 0 Å². The van der Waals surface area contributed by atoms with Gasteiger partial charge in [0.2, 0.25) is 0 Å². The van der Waals surface area contributed by atoms with Gasteiger partial charge >= 0.3 is 0 Å². The van der Waals surface area contributed by atoms with Gasteiger partial charge in [-0.2, -0.15) is 0 Å². The Morgan fingerprint density at radius 3 is 2.71 bits per heavy atom. The summed E-state index contributed by atoms with van der Waals surface area (Å²) in [5, 5.41) is 1.31. The zero-order valence-electron chi connectivity index (χ0n) is 13.1. The van der Waals surface area contributed by atoms with Crippen LogP contribution in [0.25, 0.3) is 10.9 Å². The summed E-state index contributed by atoms with van der Waals surface area (Å²) in [6, 6.07) is 10.8. The van der Waals surface area contributed by atoms with Crippen LogP contribution in [-0.4, -0.2) is 9.81 Å². The first-order chi connectivity index (χ1) is 10.00. The van der Waals surface area contributed by atoms with Gasteiger partial charge in [-0.25, -0.2) is 0 Å². The van der Waals surface area contributed by atoms with E-state index in [-0.39, 0.29) is 5.41 Å². The number of nitrogens with zero attached hydrogens (tertiary/aromatic N) is 1. The van der Waals surface area contributed by atoms with Crippen molar-refractivity contribution in [2.24, 2.45) is 11.8 Å². The van der Waals surface area contributed by atoms with Crippen molar-refractivity contribution in [2.45, 2.75) is 50.3 Å². The molecular formula is C19H24BrN. The van der Waals surface area contributed by atoms with Crippen molar-refractivity contribution in [3.05, 3.63) is 42.1 Å². The second-order valence-corrected chi connectivity index (χ2v) is 8.31. The molecule has 3 unspecified atom stereocenters. The van der Waals surface area contributed by atoms with Crippen LogP contribution in [0.5, 0.6) is 0 Å². The lowest BCUT2D eigenvalue weighted by Crippen LogP contribution is -2.38. The number of alkyl halides is 1. The van der Waals surface area contributed by atoms with E-state index in [0.29, 0.717) is 10.7 Å². The Bertz CT molecular complexity index is 629. The van der Waals surface area contributed by atoms with Crippen molar-refractivity contribution < 1.29 is 0 Å². The van der Waals surface area contributed by atoms with E-state index in [4.69, 9.17) is 0 Å². The maximum atomic E-state index is 4.52. The first-order valence-electron chi connectivity index (χ1n) is 7.98. The predicted molar refractivity (Wildman–Crippen MR) is 94.0 cm³/mol. The van der Waals surface area contributed by atoms with Crippen molar-refractivity contribution in [1.29, 1.82) is 0 Å². The quantitative estimate of drug-likeness (QED) is 0.635. The van der Waals surface area contributed by atoms with Crippen LogP contribution in [-0.2, 0) is 5.41 Å². The fourth-order valence-electron chi connectivity index (χ4n) is 3.99. The van der Waals surface area contributed by atoms with Gasteiger partial charge in [0.1, 0.15) is 0 Å². The van der Waals surface area contributed by atoms with Crippen LogP contribution < -0.4 is 0 Å². The number of halogens is 1. The molecule has 1 saturated carbocycles. The third-order valence-corrected chi connectivity index (χ3v) is 6.31. The molecule has 21 heavy (non-hydrogen) atoms. The summed E-state index contributed by atoms with van der Waals surface area (Å²) in [5.41, 5.74) is 2.71. The molecule has 1 nitrogen and oxygen atoms in total. The molecule has 0 bridgehead atoms. The largest absolute Gasteiger partial charge is 0.256 e. The van der Waals surface area contributed by atoms with E-state index in [0.717, 1.165) is 11.4 Å². The van der Waals surface area contributed by atoms with Gasteiger partial charge in [-0.1, -0.05) is 61.3 Å². The molecule has 112 valence electrons. The summed E-state index contributed by atoms with van der Waals surface area (Å²) in [6.45, 7) is 7.19. The Morgan fingerprint density at radius 1 is 1.14 bits per heavy atom. The lowest BCUT2D eigenvalue weighted by atomic mass is 9.65. The molecule has 1 heterocycles. The first kappa shape index (κ1) is 15.0. The van der Waals surface area contributed by atoms with E-state index in [9.17, 15) is 0 Å². The van der Waals surface area contributed by atoms with Gasteiger partial charge in [0, 0.05) is 16.4 Å². The maximum absolute atomic E-state index is 4.52. The lowest BCUT2D eigenvalue weighted by molar-refractivity contribution is 0.215. The molecule has 1 aromatic heterocycles. The van der Waals surface area contributed by atoms with Crippen molar-refractivity contribution in [2.75, 3.05) is 0 Å². The van der Waals surface area contributed by atoms with Crippen LogP contribution >= 0.6 is 15.9 Å². The molecule has 1 aromatic carbocycles. The molecule has 3 rings (SSSR count). The number of hydrogen-bond donors (Lipinski definition) is 0. The van der Waals surface area contributed by atoms with E-state index in [1.54, 1.807) is 0 Å². The summed E-state index contributed by atoms with van der Waals surface area (Å²) >= 11 is 3.98. The Balaban J connectivity index is 2.04. The molecule has 1 aliphatic carbocycles. The first-order valence-corrected chi connectivity index (χ1v) is 8.90. The molecule has 0 aliphatic heterocycles. The van der Waals surface area contributed by atoms with E-state index in [1.165, 1.54) is 30.2 Å². The van der Waals surface area contributed by atoms with E-state index in [1.807, 2.05) is 6.20 Å². The van der Waals surface area contributed by atoms with Gasteiger partial charge in [-0.15, -0.1) is 0 Å². The highest BCUT2D eigenvalue weighted by atomic mass is 79.9. The highest BCUT2D eigenvalue weighted by molar-refractivity contribution is 9.09. The van der Waals surface area contributed by atoms with Gasteiger partial charge in [0.05, 0.1) is 5.52 Å². The summed E-state index contributed by atoms with van der Waals surface area (Å²) < 4.78 is 0. The molecule has 2 aromatic rings. The molecule has 3 atom stereocenters. The minimum atomic E-state index is 0.164. The minimum Gasteiger partial charge on any atom is -0.256 e. The van der Waals surface area contributed by atoms with Crippen LogP contribution in [0.3, 0.4) is 0 Å². The average molecular weight is 346 g/mol. The van der Waals surface area contributed by atoms with Crippen LogP contribution in [0.4, 0.5) is 0 Å². The number of aromatic nitrogens is 1. The molecule has 0 saturated heterocycles. The monoisotopic (exact) mass is 345 g/mol. The van der Waals surface area contributed by atoms with Gasteiger partial charge in [-0.3, -0.25) is 4.98 Å². The molecule has 1 fully saturated rings. The number of benzene rings is 1. The molecule has 0 amide bonds. The normalized spacial score (nSPS) is 27.0. The summed E-state index contributed by atoms with van der Waals surface area (Å²) in [7, 11) is 0. The van der Waals surface area contributed by atoms with Gasteiger partial charge in [0.25, 0.3) is 0 Å². The zero-order chi connectivity index (χ0) is 15.0. The van der Waals surface area contributed by atoms with Crippen molar-refractivity contribution in [1.82, 2.24) is 4.98 Å². The lowest BCUT2D eigenvalue weighted by Gasteiger charge is -2.43. The number of rotatable bonds is 2. The Morgan fingerprint density at radius 2 is 1.95 bits per heavy atom. The summed E-state index contributed by atoms with van der Waals surface area (Å²) in [5.74, 6) is 1.52. The third-order valence-electron chi connectivity index (χ3n) is 5.30. The fraction of sp³-hybridized carbons (Fsp3) is 0.526. The SMILES string of the molecule is CC1CCC(C(C)(C)c2cccc3ncccc23)C(Br)C1. The van der Waals surface area contributed by atoms with E-state index in [2.05, 4.69) is 72.0 Å². The van der Waals surface area contributed by atoms with E-state index >= 15 is 0 Å². The molecule has 2 heteroatoms. The van der Waals surface area contributed by atoms with Crippen LogP contribution in [0, 0.1) is 11.8 Å². The van der Waals surface area contributed by atoms with Crippen LogP contribution in [0.15, 0.2) is 36.5 Å². The number of hydrogen-bond acceptors (Lipinski definition) is 1. The zero-order valence-corrected chi connectivity index (χ0v) is 14.7. The second kappa shape index (κ2) is 5.72. The molecule has 0 spiro atoms. The average Bonchev–Trinajstić information content (AvgIpc) is 2.46. The minimum absolute atomic E-state index is 0.164. The third kappa shape index (κ3) is 2.75. The topological polar surface area (TPSA) is 12.9 Å². The van der Waals surface area contributed by atoms with Crippen molar-refractivity contribution in [3.63, 3.8) is 0 Å². The summed E-state index contributed by atoms with van der Waals surface area (Å²) in [6.07, 6.45) is 5.83. The Kier molecular flexibility index (Phi) is 4.09. The highest BCUT2D eigenvalue weighted by Crippen LogP contribution is 2.46. The molecule has 0 radical (unpaired) electrons. The Labute approximate surface area is 136 Å². The number of fused-ring (bicyclic) bond motifs is 1. The van der Waals surface area contributed by atoms with Crippen molar-refractivity contribution in [3.8, 4) is 0 Å². The number of pyridine rings is 1. The van der Waals surface area contributed by atoms with Crippen LogP contribution in [0.1, 0.15) is 45.6 Å². The molecule has 1 aliphatic rings. The fourth-order valence-corrected chi connectivity index (χ4v) is 5.55. The Hall–Kier alpha value is -0.890. The van der Waals surface area contributed by atoms with Gasteiger partial charge in [-0.05, 0) is 47.8 Å².